The molecule has 7 rings (SSSR count). The first-order valence-electron chi connectivity index (χ1n) is 9.75. The average Bonchev–Trinajstić information content (AvgIpc) is 3.32. The Kier molecular flexibility index (Phi) is 2.60. The topological polar surface area (TPSA) is 13.1 Å². The first-order chi connectivity index (χ1) is 13.9. The molecule has 0 spiro atoms. The second-order valence-electron chi connectivity index (χ2n) is 7.72. The molecular formula is C27H16O. The molecule has 0 radical (unpaired) electrons. The molecule has 1 heterocycles. The molecule has 0 fully saturated rings. The van der Waals surface area contributed by atoms with E-state index in [9.17, 15) is 0 Å². The van der Waals surface area contributed by atoms with Crippen LogP contribution in [0.4, 0.5) is 0 Å². The summed E-state index contributed by atoms with van der Waals surface area (Å²) in [7, 11) is 0. The number of hydrogen-bond acceptors (Lipinski definition) is 1. The number of furan rings is 1. The van der Waals surface area contributed by atoms with Gasteiger partial charge in [-0.1, -0.05) is 72.8 Å². The molecule has 0 unspecified atom stereocenters. The van der Waals surface area contributed by atoms with Crippen LogP contribution in [0.3, 0.4) is 0 Å². The smallest absolute Gasteiger partial charge is 0.136 e. The minimum Gasteiger partial charge on any atom is -0.456 e. The van der Waals surface area contributed by atoms with Crippen LogP contribution in [-0.2, 0) is 6.42 Å². The molecule has 0 N–H and O–H groups in total. The second-order valence-corrected chi connectivity index (χ2v) is 7.72. The number of hydrogen-bond donors (Lipinski definition) is 0. The monoisotopic (exact) mass is 356 g/mol. The van der Waals surface area contributed by atoms with Gasteiger partial charge in [0.2, 0.25) is 0 Å². The summed E-state index contributed by atoms with van der Waals surface area (Å²) in [6.07, 6.45) is 0.963. The van der Waals surface area contributed by atoms with Gasteiger partial charge < -0.3 is 4.42 Å². The zero-order valence-corrected chi connectivity index (χ0v) is 15.2. The van der Waals surface area contributed by atoms with Crippen LogP contribution < -0.4 is 0 Å². The van der Waals surface area contributed by atoms with Crippen LogP contribution in [-0.4, -0.2) is 0 Å². The molecule has 5 aromatic carbocycles. The summed E-state index contributed by atoms with van der Waals surface area (Å²) in [5, 5.41) is 7.71. The molecule has 1 nitrogen and oxygen atoms in total. The van der Waals surface area contributed by atoms with E-state index in [0.29, 0.717) is 0 Å². The molecule has 0 saturated heterocycles. The van der Waals surface area contributed by atoms with Crippen molar-refractivity contribution < 1.29 is 4.42 Å². The van der Waals surface area contributed by atoms with Gasteiger partial charge in [-0.25, -0.2) is 0 Å². The van der Waals surface area contributed by atoms with Crippen molar-refractivity contribution >= 4 is 43.5 Å². The highest BCUT2D eigenvalue weighted by atomic mass is 16.3. The van der Waals surface area contributed by atoms with E-state index >= 15 is 0 Å². The standard InChI is InChI=1S/C27H16O/c1-3-7-19-16(5-1)9-10-18-15-22-21(25(18)19)12-14-24-27(22)26-20-8-4-2-6-17(20)11-13-23(26)28-24/h1-14H,15H2. The SMILES string of the molecule is c1ccc2c3c(ccc2c1)Cc1c-3ccc2oc3ccc4ccccc4c3c12. The normalized spacial score (nSPS) is 12.9. The molecule has 1 heteroatoms. The highest BCUT2D eigenvalue weighted by Crippen LogP contribution is 2.47. The molecule has 1 aliphatic carbocycles. The van der Waals surface area contributed by atoms with Crippen molar-refractivity contribution in [3.8, 4) is 11.1 Å². The summed E-state index contributed by atoms with van der Waals surface area (Å²) in [6.45, 7) is 0. The van der Waals surface area contributed by atoms with E-state index in [2.05, 4.69) is 84.9 Å². The Hall–Kier alpha value is -3.58. The zero-order chi connectivity index (χ0) is 18.2. The minimum absolute atomic E-state index is 0.963. The molecule has 130 valence electrons. The largest absolute Gasteiger partial charge is 0.456 e. The van der Waals surface area contributed by atoms with Crippen molar-refractivity contribution in [3.05, 3.63) is 96.1 Å². The highest BCUT2D eigenvalue weighted by Gasteiger charge is 2.25. The molecule has 0 bridgehead atoms. The van der Waals surface area contributed by atoms with Gasteiger partial charge in [0, 0.05) is 10.8 Å². The fraction of sp³-hybridized carbons (Fsp3) is 0.0370. The number of rotatable bonds is 0. The van der Waals surface area contributed by atoms with Crippen LogP contribution in [0.1, 0.15) is 11.1 Å². The Balaban J connectivity index is 1.68. The summed E-state index contributed by atoms with van der Waals surface area (Å²) in [5.41, 5.74) is 7.53. The Labute approximate surface area is 161 Å². The quantitative estimate of drug-likeness (QED) is 0.275. The van der Waals surface area contributed by atoms with E-state index in [-0.39, 0.29) is 0 Å². The van der Waals surface area contributed by atoms with Crippen LogP contribution in [0, 0.1) is 0 Å². The van der Waals surface area contributed by atoms with Crippen molar-refractivity contribution in [2.45, 2.75) is 6.42 Å². The Bertz CT molecular complexity index is 1580. The van der Waals surface area contributed by atoms with E-state index < -0.39 is 0 Å². The van der Waals surface area contributed by atoms with Crippen molar-refractivity contribution in [3.63, 3.8) is 0 Å². The molecule has 0 amide bonds. The van der Waals surface area contributed by atoms with Crippen LogP contribution >= 0.6 is 0 Å². The summed E-state index contributed by atoms with van der Waals surface area (Å²) in [6, 6.07) is 30.5. The van der Waals surface area contributed by atoms with Crippen LogP contribution in [0.15, 0.2) is 89.3 Å². The molecule has 1 aromatic heterocycles. The van der Waals surface area contributed by atoms with Crippen molar-refractivity contribution in [2.24, 2.45) is 0 Å². The second kappa shape index (κ2) is 5.02. The average molecular weight is 356 g/mol. The lowest BCUT2D eigenvalue weighted by Gasteiger charge is -2.07. The van der Waals surface area contributed by atoms with Gasteiger partial charge in [0.25, 0.3) is 0 Å². The lowest BCUT2D eigenvalue weighted by atomic mass is 9.96. The van der Waals surface area contributed by atoms with E-state index in [0.717, 1.165) is 17.6 Å². The summed E-state index contributed by atoms with van der Waals surface area (Å²) < 4.78 is 6.27. The maximum absolute atomic E-state index is 6.27. The maximum Gasteiger partial charge on any atom is 0.136 e. The zero-order valence-electron chi connectivity index (χ0n) is 15.2. The van der Waals surface area contributed by atoms with E-state index in [1.54, 1.807) is 0 Å². The third kappa shape index (κ3) is 1.72. The Morgan fingerprint density at radius 1 is 0.571 bits per heavy atom. The fourth-order valence-corrected chi connectivity index (χ4v) is 5.09. The lowest BCUT2D eigenvalue weighted by molar-refractivity contribution is 0.669. The Morgan fingerprint density at radius 3 is 2.14 bits per heavy atom. The summed E-state index contributed by atoms with van der Waals surface area (Å²) in [5.74, 6) is 0. The van der Waals surface area contributed by atoms with Gasteiger partial charge in [0.1, 0.15) is 11.2 Å². The van der Waals surface area contributed by atoms with Gasteiger partial charge in [0.05, 0.1) is 0 Å². The van der Waals surface area contributed by atoms with Crippen LogP contribution in [0.2, 0.25) is 0 Å². The van der Waals surface area contributed by atoms with Gasteiger partial charge in [-0.05, 0) is 62.4 Å². The van der Waals surface area contributed by atoms with Crippen LogP contribution in [0.5, 0.6) is 0 Å². The third-order valence-corrected chi connectivity index (χ3v) is 6.29. The van der Waals surface area contributed by atoms with E-state index in [1.165, 1.54) is 54.6 Å². The van der Waals surface area contributed by atoms with Gasteiger partial charge in [-0.15, -0.1) is 0 Å². The molecule has 28 heavy (non-hydrogen) atoms. The highest BCUT2D eigenvalue weighted by molar-refractivity contribution is 6.21. The van der Waals surface area contributed by atoms with Gasteiger partial charge in [-0.3, -0.25) is 0 Å². The van der Waals surface area contributed by atoms with Crippen LogP contribution in [0.25, 0.3) is 54.6 Å². The van der Waals surface area contributed by atoms with Crippen molar-refractivity contribution in [1.29, 1.82) is 0 Å². The number of fused-ring (bicyclic) bond motifs is 11. The maximum atomic E-state index is 6.27. The predicted octanol–water partition coefficient (Wildman–Crippen LogP) is 7.46. The third-order valence-electron chi connectivity index (χ3n) is 6.29. The van der Waals surface area contributed by atoms with Gasteiger partial charge in [-0.2, -0.15) is 0 Å². The molecule has 0 atom stereocenters. The predicted molar refractivity (Wildman–Crippen MR) is 117 cm³/mol. The van der Waals surface area contributed by atoms with E-state index in [4.69, 9.17) is 4.42 Å². The molecule has 1 aliphatic rings. The minimum atomic E-state index is 0.963. The first kappa shape index (κ1) is 14.5. The van der Waals surface area contributed by atoms with Crippen molar-refractivity contribution in [1.82, 2.24) is 0 Å². The molecule has 0 aliphatic heterocycles. The molecule has 0 saturated carbocycles. The Morgan fingerprint density at radius 2 is 1.25 bits per heavy atom. The first-order valence-corrected chi connectivity index (χ1v) is 9.75. The van der Waals surface area contributed by atoms with Gasteiger partial charge in [0.15, 0.2) is 0 Å². The lowest BCUT2D eigenvalue weighted by Crippen LogP contribution is -1.83. The summed E-state index contributed by atoms with van der Waals surface area (Å²) in [4.78, 5) is 0. The van der Waals surface area contributed by atoms with Gasteiger partial charge >= 0.3 is 0 Å². The molecule has 6 aromatic rings. The molecular weight excluding hydrogens is 340 g/mol. The number of benzene rings is 5. The van der Waals surface area contributed by atoms with E-state index in [1.807, 2.05) is 0 Å². The summed E-state index contributed by atoms with van der Waals surface area (Å²) >= 11 is 0. The van der Waals surface area contributed by atoms with Crippen molar-refractivity contribution in [2.75, 3.05) is 0 Å². The fourth-order valence-electron chi connectivity index (χ4n) is 5.09.